The van der Waals surface area contributed by atoms with Crippen LogP contribution < -0.4 is 5.32 Å². The molecule has 6 nitrogen and oxygen atoms in total. The van der Waals surface area contributed by atoms with E-state index in [1.807, 2.05) is 25.7 Å². The number of imidazole rings is 1. The number of aromatic nitrogens is 2. The molecule has 1 saturated heterocycles. The number of ether oxygens (including phenoxy) is 1. The maximum absolute atomic E-state index is 12.9. The van der Waals surface area contributed by atoms with E-state index < -0.39 is 18.2 Å². The molecule has 0 radical (unpaired) electrons. The van der Waals surface area contributed by atoms with Gasteiger partial charge in [0.05, 0.1) is 6.54 Å². The number of alkyl carbamates (subject to hydrolysis) is 1. The van der Waals surface area contributed by atoms with Gasteiger partial charge in [0.2, 0.25) is 0 Å². The van der Waals surface area contributed by atoms with Gasteiger partial charge in [0.15, 0.2) is 0 Å². The number of amides is 1. The monoisotopic (exact) mass is 330 g/mol. The fraction of sp³-hybridized carbons (Fsp3) is 0.733. The third-order valence-electron chi connectivity index (χ3n) is 3.55. The Labute approximate surface area is 134 Å². The van der Waals surface area contributed by atoms with Crippen LogP contribution in [-0.4, -0.2) is 45.3 Å². The van der Waals surface area contributed by atoms with Crippen molar-refractivity contribution in [3.63, 3.8) is 0 Å². The molecule has 23 heavy (non-hydrogen) atoms. The summed E-state index contributed by atoms with van der Waals surface area (Å²) in [5, 5.41) is 2.84. The van der Waals surface area contributed by atoms with Gasteiger partial charge in [0, 0.05) is 25.0 Å². The molecule has 0 bridgehead atoms. The van der Waals surface area contributed by atoms with Crippen molar-refractivity contribution in [3.8, 4) is 0 Å². The Balaban J connectivity index is 1.88. The number of hydrogen-bond acceptors (Lipinski definition) is 4. The predicted octanol–water partition coefficient (Wildman–Crippen LogP) is 2.77. The minimum Gasteiger partial charge on any atom is -0.444 e. The number of likely N-dealkylation sites (tertiary alicyclic amines) is 1. The van der Waals surface area contributed by atoms with Crippen LogP contribution in [0.3, 0.4) is 0 Å². The normalized spacial score (nSPS) is 19.8. The molecule has 1 aromatic rings. The standard InChI is InChI=1S/C15H24F2N4O2/c1-15(2,3)23-14(22)19-11-5-4-7-20(9-11)10-12-18-6-8-21(12)13(16)17/h6,8,11,13H,4-5,7,9-10H2,1-3H3,(H,19,22)/t11-/m1/s1. The van der Waals surface area contributed by atoms with Crippen LogP contribution in [0, 0.1) is 0 Å². The number of piperidine rings is 1. The first-order valence-electron chi connectivity index (χ1n) is 7.76. The van der Waals surface area contributed by atoms with Crippen molar-refractivity contribution in [2.45, 2.75) is 58.3 Å². The second kappa shape index (κ2) is 7.25. The topological polar surface area (TPSA) is 59.4 Å². The molecule has 0 aromatic carbocycles. The number of rotatable bonds is 4. The average Bonchev–Trinajstić information content (AvgIpc) is 2.85. The summed E-state index contributed by atoms with van der Waals surface area (Å²) >= 11 is 0. The Morgan fingerprint density at radius 3 is 2.91 bits per heavy atom. The highest BCUT2D eigenvalue weighted by Crippen LogP contribution is 2.17. The van der Waals surface area contributed by atoms with Gasteiger partial charge < -0.3 is 10.1 Å². The van der Waals surface area contributed by atoms with Crippen LogP contribution in [0.4, 0.5) is 13.6 Å². The summed E-state index contributed by atoms with van der Waals surface area (Å²) in [6.45, 7) is 4.56. The van der Waals surface area contributed by atoms with Gasteiger partial charge in [-0.25, -0.2) is 9.78 Å². The zero-order valence-corrected chi connectivity index (χ0v) is 13.8. The number of nitrogens with zero attached hydrogens (tertiary/aromatic N) is 3. The van der Waals surface area contributed by atoms with Crippen LogP contribution >= 0.6 is 0 Å². The summed E-state index contributed by atoms with van der Waals surface area (Å²) in [6.07, 6.45) is 3.94. The molecule has 1 aromatic heterocycles. The van der Waals surface area contributed by atoms with E-state index in [0.717, 1.165) is 24.0 Å². The van der Waals surface area contributed by atoms with Crippen molar-refractivity contribution in [2.75, 3.05) is 13.1 Å². The number of alkyl halides is 2. The van der Waals surface area contributed by atoms with Crippen LogP contribution in [0.5, 0.6) is 0 Å². The third-order valence-corrected chi connectivity index (χ3v) is 3.55. The molecule has 1 N–H and O–H groups in total. The maximum atomic E-state index is 12.9. The Kier molecular flexibility index (Phi) is 5.56. The quantitative estimate of drug-likeness (QED) is 0.922. The van der Waals surface area contributed by atoms with Gasteiger partial charge in [-0.2, -0.15) is 8.78 Å². The lowest BCUT2D eigenvalue weighted by molar-refractivity contribution is 0.0463. The van der Waals surface area contributed by atoms with E-state index in [1.165, 1.54) is 12.4 Å². The second-order valence-electron chi connectivity index (χ2n) is 6.75. The second-order valence-corrected chi connectivity index (χ2v) is 6.75. The zero-order valence-electron chi connectivity index (χ0n) is 13.8. The summed E-state index contributed by atoms with van der Waals surface area (Å²) in [4.78, 5) is 17.8. The fourth-order valence-corrected chi connectivity index (χ4v) is 2.64. The third kappa shape index (κ3) is 5.46. The van der Waals surface area contributed by atoms with Crippen molar-refractivity contribution in [1.29, 1.82) is 0 Å². The van der Waals surface area contributed by atoms with E-state index in [9.17, 15) is 13.6 Å². The lowest BCUT2D eigenvalue weighted by Crippen LogP contribution is -2.48. The Bertz CT molecular complexity index is 528. The predicted molar refractivity (Wildman–Crippen MR) is 81.1 cm³/mol. The number of carbonyl (C=O) groups excluding carboxylic acids is 1. The highest BCUT2D eigenvalue weighted by atomic mass is 19.3. The number of halogens is 2. The molecule has 1 amide bonds. The van der Waals surface area contributed by atoms with Crippen LogP contribution in [0.15, 0.2) is 12.4 Å². The van der Waals surface area contributed by atoms with E-state index in [4.69, 9.17) is 4.74 Å². The van der Waals surface area contributed by atoms with E-state index in [0.29, 0.717) is 18.9 Å². The molecule has 0 spiro atoms. The van der Waals surface area contributed by atoms with E-state index in [-0.39, 0.29) is 6.04 Å². The van der Waals surface area contributed by atoms with Gasteiger partial charge in [0.25, 0.3) is 0 Å². The first kappa shape index (κ1) is 17.7. The Morgan fingerprint density at radius 2 is 2.26 bits per heavy atom. The molecule has 1 aliphatic heterocycles. The van der Waals surface area contributed by atoms with Gasteiger partial charge in [-0.3, -0.25) is 9.47 Å². The van der Waals surface area contributed by atoms with Crippen LogP contribution in [0.1, 0.15) is 46.0 Å². The van der Waals surface area contributed by atoms with Crippen LogP contribution in [0.2, 0.25) is 0 Å². The SMILES string of the molecule is CC(C)(C)OC(=O)N[C@@H]1CCCN(Cc2nccn2C(F)F)C1. The van der Waals surface area contributed by atoms with Gasteiger partial charge >= 0.3 is 12.6 Å². The lowest BCUT2D eigenvalue weighted by Gasteiger charge is -2.33. The molecule has 1 atom stereocenters. The summed E-state index contributed by atoms with van der Waals surface area (Å²) in [7, 11) is 0. The number of nitrogens with one attached hydrogen (secondary N) is 1. The lowest BCUT2D eigenvalue weighted by atomic mass is 10.1. The number of hydrogen-bond donors (Lipinski definition) is 1. The smallest absolute Gasteiger partial charge is 0.407 e. The van der Waals surface area contributed by atoms with Crippen molar-refractivity contribution >= 4 is 6.09 Å². The largest absolute Gasteiger partial charge is 0.444 e. The maximum Gasteiger partial charge on any atom is 0.407 e. The molecule has 2 heterocycles. The van der Waals surface area contributed by atoms with E-state index in [2.05, 4.69) is 10.3 Å². The molecule has 130 valence electrons. The molecule has 1 fully saturated rings. The Morgan fingerprint density at radius 1 is 1.52 bits per heavy atom. The number of carbonyl (C=O) groups is 1. The first-order chi connectivity index (χ1) is 10.7. The van der Waals surface area contributed by atoms with Gasteiger partial charge in [0.1, 0.15) is 11.4 Å². The van der Waals surface area contributed by atoms with Crippen LogP contribution in [0.25, 0.3) is 0 Å². The van der Waals surface area contributed by atoms with Gasteiger partial charge in [-0.05, 0) is 40.2 Å². The van der Waals surface area contributed by atoms with Crippen molar-refractivity contribution in [3.05, 3.63) is 18.2 Å². The molecular formula is C15H24F2N4O2. The molecule has 0 unspecified atom stereocenters. The minimum absolute atomic E-state index is 0.0476. The van der Waals surface area contributed by atoms with Crippen LogP contribution in [-0.2, 0) is 11.3 Å². The first-order valence-corrected chi connectivity index (χ1v) is 7.76. The summed E-state index contributed by atoms with van der Waals surface area (Å²) in [6, 6.07) is -0.0476. The van der Waals surface area contributed by atoms with Crippen molar-refractivity contribution in [2.24, 2.45) is 0 Å². The molecule has 2 rings (SSSR count). The Hall–Kier alpha value is -1.70. The molecule has 1 aliphatic rings. The van der Waals surface area contributed by atoms with Crippen molar-refractivity contribution in [1.82, 2.24) is 19.8 Å². The average molecular weight is 330 g/mol. The summed E-state index contributed by atoms with van der Waals surface area (Å²) in [5.74, 6) is 0.331. The minimum atomic E-state index is -2.59. The zero-order chi connectivity index (χ0) is 17.0. The summed E-state index contributed by atoms with van der Waals surface area (Å²) < 4.78 is 31.8. The van der Waals surface area contributed by atoms with Gasteiger partial charge in [-0.15, -0.1) is 0 Å². The van der Waals surface area contributed by atoms with Crippen molar-refractivity contribution < 1.29 is 18.3 Å². The highest BCUT2D eigenvalue weighted by Gasteiger charge is 2.25. The molecular weight excluding hydrogens is 306 g/mol. The van der Waals surface area contributed by atoms with E-state index >= 15 is 0 Å². The molecule has 8 heteroatoms. The fourth-order valence-electron chi connectivity index (χ4n) is 2.64. The summed E-state index contributed by atoms with van der Waals surface area (Å²) in [5.41, 5.74) is -0.541. The van der Waals surface area contributed by atoms with E-state index in [1.54, 1.807) is 0 Å². The highest BCUT2D eigenvalue weighted by molar-refractivity contribution is 5.68. The molecule has 0 saturated carbocycles. The molecule has 0 aliphatic carbocycles. The van der Waals surface area contributed by atoms with Gasteiger partial charge in [-0.1, -0.05) is 0 Å².